The van der Waals surface area contributed by atoms with E-state index < -0.39 is 6.10 Å². The maximum atomic E-state index is 10.6. The van der Waals surface area contributed by atoms with E-state index in [1.165, 1.54) is 6.20 Å². The summed E-state index contributed by atoms with van der Waals surface area (Å²) in [5.74, 6) is 1.15. The summed E-state index contributed by atoms with van der Waals surface area (Å²) in [6.45, 7) is 5.72. The van der Waals surface area contributed by atoms with Crippen LogP contribution >= 0.6 is 0 Å². The lowest BCUT2D eigenvalue weighted by Crippen LogP contribution is -2.55. The van der Waals surface area contributed by atoms with Gasteiger partial charge in [0.1, 0.15) is 11.6 Å². The summed E-state index contributed by atoms with van der Waals surface area (Å²) in [5, 5.41) is 15.5. The number of aliphatic hydroxyl groups excluding tert-OH is 1. The van der Waals surface area contributed by atoms with E-state index in [0.717, 1.165) is 53.8 Å². The lowest BCUT2D eigenvalue weighted by atomic mass is 9.92. The molecule has 3 aromatic rings. The molecule has 188 valence electrons. The van der Waals surface area contributed by atoms with E-state index in [9.17, 15) is 5.11 Å². The van der Waals surface area contributed by atoms with Gasteiger partial charge in [-0.25, -0.2) is 9.97 Å². The van der Waals surface area contributed by atoms with E-state index in [1.807, 2.05) is 25.1 Å². The normalized spacial score (nSPS) is 21.7. The van der Waals surface area contributed by atoms with Crippen LogP contribution in [0.2, 0.25) is 0 Å². The first kappa shape index (κ1) is 24.1. The number of rotatable bonds is 7. The minimum Gasteiger partial charge on any atom is -0.403 e. The Kier molecular flexibility index (Phi) is 7.08. The maximum absolute atomic E-state index is 10.6. The molecule has 10 heteroatoms. The van der Waals surface area contributed by atoms with Crippen molar-refractivity contribution in [3.63, 3.8) is 0 Å². The van der Waals surface area contributed by atoms with Gasteiger partial charge in [0, 0.05) is 61.0 Å². The van der Waals surface area contributed by atoms with Gasteiger partial charge in [-0.2, -0.15) is 0 Å². The molecule has 10 nitrogen and oxygen atoms in total. The van der Waals surface area contributed by atoms with Gasteiger partial charge in [0.2, 0.25) is 0 Å². The average Bonchev–Trinajstić information content (AvgIpc) is 2.83. The first-order valence-corrected chi connectivity index (χ1v) is 12.2. The number of nitrogen functional groups attached to an aromatic ring is 1. The number of ether oxygens (including phenoxy) is 1. The SMILES string of the molecule is Cc1ccncc1-c1cc2cc(N/C(C=NC[C@H]3CCN(C4COC4)C[C@@H]3O)=C/N)ncc2c(N)n1. The van der Waals surface area contributed by atoms with Crippen LogP contribution < -0.4 is 16.8 Å². The highest BCUT2D eigenvalue weighted by molar-refractivity contribution is 5.95. The Balaban J connectivity index is 1.25. The standard InChI is InChI=1S/C26H32N8O2/c1-16-2-4-29-11-21(16)23-6-18-7-25(31-12-22(18)26(28)33-23)32-19(8-27)10-30-9-17-3-5-34(13-24(17)35)20-14-36-15-20/h2,4,6-8,10-12,17,20,24,35H,3,5,9,13-15,27H2,1H3,(H2,28,33)(H,31,32)/b19-8+,30-10?/t17-,24+/m1/s1. The highest BCUT2D eigenvalue weighted by atomic mass is 16.5. The molecule has 5 heterocycles. The average molecular weight is 489 g/mol. The monoisotopic (exact) mass is 488 g/mol. The molecule has 0 bridgehead atoms. The van der Waals surface area contributed by atoms with Gasteiger partial charge in [0.25, 0.3) is 0 Å². The van der Waals surface area contributed by atoms with Crippen LogP contribution in [0.3, 0.4) is 0 Å². The Bertz CT molecular complexity index is 1290. The van der Waals surface area contributed by atoms with Crippen LogP contribution in [0.15, 0.2) is 53.7 Å². The summed E-state index contributed by atoms with van der Waals surface area (Å²) < 4.78 is 5.27. The van der Waals surface area contributed by atoms with Gasteiger partial charge in [-0.1, -0.05) is 0 Å². The van der Waals surface area contributed by atoms with Crippen LogP contribution in [0.1, 0.15) is 12.0 Å². The minimum atomic E-state index is -0.395. The van der Waals surface area contributed by atoms with Crippen LogP contribution in [0.5, 0.6) is 0 Å². The van der Waals surface area contributed by atoms with Gasteiger partial charge >= 0.3 is 0 Å². The van der Waals surface area contributed by atoms with Crippen LogP contribution in [-0.4, -0.2) is 76.2 Å². The van der Waals surface area contributed by atoms with E-state index >= 15 is 0 Å². The van der Waals surface area contributed by atoms with Crippen molar-refractivity contribution in [2.24, 2.45) is 16.6 Å². The van der Waals surface area contributed by atoms with E-state index in [0.29, 0.717) is 36.5 Å². The summed E-state index contributed by atoms with van der Waals surface area (Å²) in [5.41, 5.74) is 15.5. The van der Waals surface area contributed by atoms with Crippen molar-refractivity contribution < 1.29 is 9.84 Å². The number of hydrogen-bond acceptors (Lipinski definition) is 10. The summed E-state index contributed by atoms with van der Waals surface area (Å²) in [6, 6.07) is 6.28. The number of nitrogens with zero attached hydrogens (tertiary/aromatic N) is 5. The molecule has 2 fully saturated rings. The van der Waals surface area contributed by atoms with Crippen molar-refractivity contribution in [2.45, 2.75) is 25.5 Å². The van der Waals surface area contributed by atoms with E-state index in [2.05, 4.69) is 30.2 Å². The van der Waals surface area contributed by atoms with Gasteiger partial charge in [0.05, 0.1) is 36.8 Å². The number of piperidine rings is 1. The van der Waals surface area contributed by atoms with Crippen molar-refractivity contribution >= 4 is 28.6 Å². The number of likely N-dealkylation sites (tertiary alicyclic amines) is 1. The lowest BCUT2D eigenvalue weighted by Gasteiger charge is -2.43. The summed E-state index contributed by atoms with van der Waals surface area (Å²) in [7, 11) is 0. The van der Waals surface area contributed by atoms with Gasteiger partial charge in [0.15, 0.2) is 0 Å². The predicted molar refractivity (Wildman–Crippen MR) is 141 cm³/mol. The molecule has 0 spiro atoms. The zero-order valence-corrected chi connectivity index (χ0v) is 20.3. The number of pyridine rings is 3. The van der Waals surface area contributed by atoms with Gasteiger partial charge in [-0.15, -0.1) is 0 Å². The molecule has 5 rings (SSSR count). The highest BCUT2D eigenvalue weighted by Crippen LogP contribution is 2.29. The second-order valence-corrected chi connectivity index (χ2v) is 9.42. The summed E-state index contributed by atoms with van der Waals surface area (Å²) in [6.07, 6.45) is 8.90. The second kappa shape index (κ2) is 10.6. The molecule has 2 atom stereocenters. The van der Waals surface area contributed by atoms with Crippen LogP contribution in [-0.2, 0) is 4.74 Å². The number of aromatic nitrogens is 3. The van der Waals surface area contributed by atoms with Crippen molar-refractivity contribution in [3.05, 3.63) is 54.3 Å². The Morgan fingerprint density at radius 3 is 2.92 bits per heavy atom. The van der Waals surface area contributed by atoms with Gasteiger partial charge in [-0.3, -0.25) is 14.9 Å². The molecule has 0 unspecified atom stereocenters. The number of aliphatic imine (C=N–C) groups is 1. The largest absolute Gasteiger partial charge is 0.403 e. The molecular weight excluding hydrogens is 456 g/mol. The van der Waals surface area contributed by atoms with Crippen LogP contribution in [0, 0.1) is 12.8 Å². The number of nitrogens with one attached hydrogen (secondary N) is 1. The maximum Gasteiger partial charge on any atom is 0.133 e. The molecule has 0 saturated carbocycles. The lowest BCUT2D eigenvalue weighted by molar-refractivity contribution is -0.0945. The van der Waals surface area contributed by atoms with Gasteiger partial charge in [-0.05, 0) is 49.0 Å². The summed E-state index contributed by atoms with van der Waals surface area (Å²) >= 11 is 0. The Hall–Kier alpha value is -3.60. The third kappa shape index (κ3) is 5.15. The molecule has 2 saturated heterocycles. The molecule has 6 N–H and O–H groups in total. The molecule has 0 aliphatic carbocycles. The fraction of sp³-hybridized carbons (Fsp3) is 0.385. The highest BCUT2D eigenvalue weighted by Gasteiger charge is 2.34. The molecule has 3 aromatic heterocycles. The van der Waals surface area contributed by atoms with Crippen LogP contribution in [0.25, 0.3) is 22.0 Å². The molecule has 0 aromatic carbocycles. The number of anilines is 2. The van der Waals surface area contributed by atoms with Crippen molar-refractivity contribution in [2.75, 3.05) is 43.9 Å². The van der Waals surface area contributed by atoms with E-state index in [4.69, 9.17) is 16.2 Å². The van der Waals surface area contributed by atoms with Gasteiger partial charge < -0.3 is 26.6 Å². The molecule has 36 heavy (non-hydrogen) atoms. The number of nitrogens with two attached hydrogens (primary N) is 2. The Morgan fingerprint density at radius 1 is 1.33 bits per heavy atom. The number of β-amino-alcohol motifs (C(OH)–C–C–N with tert-alkyl or cyclic N) is 1. The number of allylic oxidation sites excluding steroid dienone is 1. The summed E-state index contributed by atoms with van der Waals surface area (Å²) in [4.78, 5) is 20.1. The second-order valence-electron chi connectivity index (χ2n) is 9.42. The van der Waals surface area contributed by atoms with Crippen molar-refractivity contribution in [1.29, 1.82) is 0 Å². The number of fused-ring (bicyclic) bond motifs is 1. The zero-order valence-electron chi connectivity index (χ0n) is 20.3. The first-order chi connectivity index (χ1) is 17.5. The topological polar surface area (TPSA) is 148 Å². The number of hydrogen-bond donors (Lipinski definition) is 4. The molecule has 2 aliphatic heterocycles. The Morgan fingerprint density at radius 2 is 2.19 bits per heavy atom. The molecular formula is C26H32N8O2. The van der Waals surface area contributed by atoms with Crippen molar-refractivity contribution in [1.82, 2.24) is 19.9 Å². The zero-order chi connectivity index (χ0) is 25.1. The Labute approximate surface area is 210 Å². The van der Waals surface area contributed by atoms with Crippen molar-refractivity contribution in [3.8, 4) is 11.3 Å². The third-order valence-corrected chi connectivity index (χ3v) is 6.97. The smallest absolute Gasteiger partial charge is 0.133 e. The first-order valence-electron chi connectivity index (χ1n) is 12.2. The molecule has 2 aliphatic rings. The minimum absolute atomic E-state index is 0.126. The quantitative estimate of drug-likeness (QED) is 0.366. The van der Waals surface area contributed by atoms with E-state index in [1.54, 1.807) is 24.8 Å². The fourth-order valence-electron chi connectivity index (χ4n) is 4.65. The molecule has 0 radical (unpaired) electrons. The number of aryl methyl sites for hydroxylation is 1. The fourth-order valence-corrected chi connectivity index (χ4v) is 4.65. The molecule has 0 amide bonds. The van der Waals surface area contributed by atoms with E-state index in [-0.39, 0.29) is 5.92 Å². The predicted octanol–water partition coefficient (Wildman–Crippen LogP) is 1.95. The van der Waals surface area contributed by atoms with Crippen LogP contribution in [0.4, 0.5) is 11.6 Å². The third-order valence-electron chi connectivity index (χ3n) is 6.97. The number of aliphatic hydroxyl groups is 1.